The number of aliphatic hydroxyl groups excluding tert-OH is 2. The maximum absolute atomic E-state index is 14.6. The summed E-state index contributed by atoms with van der Waals surface area (Å²) in [6, 6.07) is 0.599. The van der Waals surface area contributed by atoms with Gasteiger partial charge in [-0.1, -0.05) is 46.6 Å². The number of aliphatic hydroxyl groups is 2. The van der Waals surface area contributed by atoms with E-state index in [-0.39, 0.29) is 79.9 Å². The summed E-state index contributed by atoms with van der Waals surface area (Å²) in [5, 5.41) is 55.3. The molecular formula is C55H73N3O11S. The van der Waals surface area contributed by atoms with E-state index in [0.29, 0.717) is 65.0 Å². The van der Waals surface area contributed by atoms with Crippen molar-refractivity contribution in [2.45, 2.75) is 181 Å². The van der Waals surface area contributed by atoms with Gasteiger partial charge in [-0.15, -0.1) is 11.8 Å². The van der Waals surface area contributed by atoms with Gasteiger partial charge in [-0.3, -0.25) is 14.4 Å². The van der Waals surface area contributed by atoms with Gasteiger partial charge in [0.15, 0.2) is 0 Å². The van der Waals surface area contributed by atoms with Gasteiger partial charge in [0.25, 0.3) is 11.8 Å². The van der Waals surface area contributed by atoms with Crippen molar-refractivity contribution < 1.29 is 54.2 Å². The van der Waals surface area contributed by atoms with Crippen LogP contribution in [0.25, 0.3) is 0 Å². The number of aromatic hydroxyl groups is 2. The van der Waals surface area contributed by atoms with E-state index in [2.05, 4.69) is 65.8 Å². The summed E-state index contributed by atoms with van der Waals surface area (Å²) >= 11 is 1.32. The number of allylic oxidation sites excluding steroid dienone is 8. The Balaban J connectivity index is 1.08. The number of ether oxygens (including phenoxy) is 2. The summed E-state index contributed by atoms with van der Waals surface area (Å²) in [6.07, 6.45) is 13.6. The van der Waals surface area contributed by atoms with E-state index < -0.39 is 53.3 Å². The third kappa shape index (κ3) is 11.1. The second-order valence-corrected chi connectivity index (χ2v) is 22.0. The normalized spacial score (nSPS) is 24.4. The third-order valence-electron chi connectivity index (χ3n) is 15.0. The first-order valence-corrected chi connectivity index (χ1v) is 26.1. The Hall–Kier alpha value is -5.25. The molecule has 380 valence electrons. The molecule has 5 aliphatic rings. The Bertz CT molecular complexity index is 2510. The van der Waals surface area contributed by atoms with E-state index in [0.717, 1.165) is 25.7 Å². The number of nitrogens with zero attached hydrogens (tertiary/aromatic N) is 3. The van der Waals surface area contributed by atoms with Crippen LogP contribution in [0.5, 0.6) is 23.0 Å². The quantitative estimate of drug-likeness (QED) is 0.0840. The highest BCUT2D eigenvalue weighted by atomic mass is 32.2. The fraction of sp³-hybridized carbons (Fsp3) is 0.564. The highest BCUT2D eigenvalue weighted by molar-refractivity contribution is 7.99. The van der Waals surface area contributed by atoms with Crippen molar-refractivity contribution in [1.82, 2.24) is 14.7 Å². The molecule has 0 aliphatic carbocycles. The lowest BCUT2D eigenvalue weighted by Gasteiger charge is -2.41. The molecule has 5 aliphatic heterocycles. The van der Waals surface area contributed by atoms with Gasteiger partial charge in [0.2, 0.25) is 5.91 Å². The molecule has 1 saturated heterocycles. The van der Waals surface area contributed by atoms with Gasteiger partial charge < -0.3 is 49.7 Å². The number of carbonyl (C=O) groups excluding carboxylic acids is 3. The molecule has 2 aromatic carbocycles. The fourth-order valence-corrected chi connectivity index (χ4v) is 11.6. The Morgan fingerprint density at radius 2 is 1.24 bits per heavy atom. The molecule has 70 heavy (non-hydrogen) atoms. The SMILES string of the molecule is CC(C)=CCC/C(C)=C/CC[C@@]1(C)Oc2c(c(O)cc3c2CN(CCC[C@@H](C(=O)N2CSC[C@@H]2C(=O)O)N2Cc4c(cc(O)c5c4O[C@](C)(CC/C=C(\C)CCC=C(C)C)[C@@H](O)C5)C2=O)C3=O)C[C@@H]1O. The molecule has 0 unspecified atom stereocenters. The number of hydrogen-bond donors (Lipinski definition) is 5. The zero-order valence-electron chi connectivity index (χ0n) is 42.2. The molecule has 0 radical (unpaired) electrons. The minimum atomic E-state index is -1.14. The molecule has 1 fully saturated rings. The van der Waals surface area contributed by atoms with Crippen molar-refractivity contribution in [3.63, 3.8) is 0 Å². The van der Waals surface area contributed by atoms with Crippen LogP contribution < -0.4 is 9.47 Å². The summed E-state index contributed by atoms with van der Waals surface area (Å²) in [7, 11) is 0. The number of carboxylic acid groups (broad SMARTS) is 1. The van der Waals surface area contributed by atoms with Crippen molar-refractivity contribution in [2.24, 2.45) is 0 Å². The Labute approximate surface area is 417 Å². The van der Waals surface area contributed by atoms with Crippen molar-refractivity contribution in [3.8, 4) is 23.0 Å². The van der Waals surface area contributed by atoms with Gasteiger partial charge in [0.05, 0.1) is 42.3 Å². The van der Waals surface area contributed by atoms with E-state index in [9.17, 15) is 44.7 Å². The largest absolute Gasteiger partial charge is 0.508 e. The highest BCUT2D eigenvalue weighted by Crippen LogP contribution is 2.49. The van der Waals surface area contributed by atoms with Crippen LogP contribution in [-0.2, 0) is 35.5 Å². The summed E-state index contributed by atoms with van der Waals surface area (Å²) in [6.45, 7) is 16.5. The minimum Gasteiger partial charge on any atom is -0.508 e. The number of phenolic OH excluding ortho intramolecular Hbond substituents is 2. The second kappa shape index (κ2) is 21.6. The van der Waals surface area contributed by atoms with Gasteiger partial charge in [0.1, 0.15) is 46.3 Å². The Kier molecular flexibility index (Phi) is 16.2. The predicted octanol–water partition coefficient (Wildman–Crippen LogP) is 8.90. The molecule has 0 aromatic heterocycles. The molecule has 14 nitrogen and oxygen atoms in total. The predicted molar refractivity (Wildman–Crippen MR) is 270 cm³/mol. The van der Waals surface area contributed by atoms with E-state index in [1.54, 1.807) is 4.90 Å². The zero-order chi connectivity index (χ0) is 50.8. The van der Waals surface area contributed by atoms with Crippen molar-refractivity contribution in [1.29, 1.82) is 0 Å². The minimum absolute atomic E-state index is 0.0474. The Morgan fingerprint density at radius 1 is 0.743 bits per heavy atom. The molecule has 15 heteroatoms. The first-order chi connectivity index (χ1) is 33.1. The number of carbonyl (C=O) groups is 4. The average molecular weight is 984 g/mol. The highest BCUT2D eigenvalue weighted by Gasteiger charge is 2.48. The molecule has 3 amide bonds. The van der Waals surface area contributed by atoms with Crippen LogP contribution in [0.1, 0.15) is 163 Å². The van der Waals surface area contributed by atoms with Crippen LogP contribution in [0.4, 0.5) is 0 Å². The average Bonchev–Trinajstić information content (AvgIpc) is 4.00. The molecule has 0 bridgehead atoms. The molecule has 0 spiro atoms. The molecule has 7 rings (SSSR count). The summed E-state index contributed by atoms with van der Waals surface area (Å²) in [4.78, 5) is 59.9. The lowest BCUT2D eigenvalue weighted by atomic mass is 9.84. The number of benzene rings is 2. The molecular weight excluding hydrogens is 911 g/mol. The zero-order valence-corrected chi connectivity index (χ0v) is 43.0. The lowest BCUT2D eigenvalue weighted by Crippen LogP contribution is -2.52. The van der Waals surface area contributed by atoms with Gasteiger partial charge in [-0.25, -0.2) is 4.79 Å². The summed E-state index contributed by atoms with van der Waals surface area (Å²) < 4.78 is 13.3. The topological polar surface area (TPSA) is 198 Å². The van der Waals surface area contributed by atoms with Gasteiger partial charge in [-0.2, -0.15) is 0 Å². The van der Waals surface area contributed by atoms with E-state index in [4.69, 9.17) is 9.47 Å². The van der Waals surface area contributed by atoms with E-state index in [1.165, 1.54) is 56.0 Å². The molecule has 5 N–H and O–H groups in total. The number of amides is 3. The lowest BCUT2D eigenvalue weighted by molar-refractivity contribution is -0.149. The smallest absolute Gasteiger partial charge is 0.327 e. The van der Waals surface area contributed by atoms with Crippen LogP contribution in [0.3, 0.4) is 0 Å². The number of phenols is 2. The molecule has 5 heterocycles. The molecule has 2 aromatic rings. The van der Waals surface area contributed by atoms with Crippen molar-refractivity contribution in [3.05, 3.63) is 92.1 Å². The number of rotatable bonds is 19. The monoisotopic (exact) mass is 983 g/mol. The van der Waals surface area contributed by atoms with Crippen molar-refractivity contribution >= 4 is 35.5 Å². The van der Waals surface area contributed by atoms with Gasteiger partial charge >= 0.3 is 5.97 Å². The van der Waals surface area contributed by atoms with E-state index in [1.807, 2.05) is 13.8 Å². The Morgan fingerprint density at radius 3 is 1.74 bits per heavy atom. The number of carboxylic acids is 1. The molecule has 6 atom stereocenters. The summed E-state index contributed by atoms with van der Waals surface area (Å²) in [5.41, 5.74) is 5.43. The fourth-order valence-electron chi connectivity index (χ4n) is 10.5. The number of hydrogen-bond acceptors (Lipinski definition) is 11. The number of thioether (sulfide) groups is 1. The standard InChI is InChI=1S/C55H73N3O11S/c1-32(2)14-9-16-34(5)18-11-21-54(7)46(61)26-38-44(59)24-36-40(48(38)68-54)28-56(50(36)63)23-13-20-42(52(65)58-31-70-30-43(58)53(66)67)57-29-41-37(51(57)64)25-45(60)39-27-47(62)55(8,69-49(39)41)22-12-19-35(6)17-10-15-33(3)4/h14-15,18-19,24-25,42-43,46-47,59-62H,9-13,16-17,20-23,26-31H2,1-8H3,(H,66,67)/b34-18+,35-19+/t42-,43+,46-,47-,54+,55+/m0/s1. The van der Waals surface area contributed by atoms with Crippen LogP contribution in [0.15, 0.2) is 58.7 Å². The maximum Gasteiger partial charge on any atom is 0.327 e. The maximum atomic E-state index is 14.6. The van der Waals surface area contributed by atoms with Crippen LogP contribution >= 0.6 is 11.8 Å². The van der Waals surface area contributed by atoms with Crippen LogP contribution in [0, 0.1) is 0 Å². The second-order valence-electron chi connectivity index (χ2n) is 21.0. The third-order valence-corrected chi connectivity index (χ3v) is 16.0. The van der Waals surface area contributed by atoms with Gasteiger partial charge in [0, 0.05) is 47.4 Å². The number of fused-ring (bicyclic) bond motifs is 6. The van der Waals surface area contributed by atoms with Crippen LogP contribution in [0.2, 0.25) is 0 Å². The number of aliphatic carboxylic acids is 1. The van der Waals surface area contributed by atoms with Gasteiger partial charge in [-0.05, 0) is 132 Å². The van der Waals surface area contributed by atoms with Crippen LogP contribution in [-0.4, -0.2) is 118 Å². The first-order valence-electron chi connectivity index (χ1n) is 24.9. The van der Waals surface area contributed by atoms with Crippen molar-refractivity contribution in [2.75, 3.05) is 18.2 Å². The molecule has 0 saturated carbocycles. The summed E-state index contributed by atoms with van der Waals surface area (Å²) in [5.74, 6) is -1.78. The van der Waals surface area contributed by atoms with E-state index >= 15 is 0 Å². The first kappa shape index (κ1) is 52.6.